The molecule has 0 aromatic heterocycles. The molecular formula is C43H54N4O12S2. The van der Waals surface area contributed by atoms with Gasteiger partial charge in [0.25, 0.3) is 17.5 Å². The number of nitro groups is 1. The van der Waals surface area contributed by atoms with Gasteiger partial charge in [-0.05, 0) is 66.3 Å². The molecule has 3 aromatic carbocycles. The van der Waals surface area contributed by atoms with E-state index >= 15 is 0 Å². The number of aliphatic hydroxyl groups is 2. The van der Waals surface area contributed by atoms with E-state index in [4.69, 9.17) is 23.7 Å². The highest BCUT2D eigenvalue weighted by atomic mass is 32.2. The first-order valence-corrected chi connectivity index (χ1v) is 22.1. The van der Waals surface area contributed by atoms with Crippen molar-refractivity contribution in [3.05, 3.63) is 86.5 Å². The van der Waals surface area contributed by atoms with E-state index in [9.17, 15) is 34.7 Å². The first-order valence-electron chi connectivity index (χ1n) is 20.0. The molecular weight excluding hydrogens is 829 g/mol. The number of likely N-dealkylation sites (tertiary alicyclic amines) is 1. The van der Waals surface area contributed by atoms with Crippen LogP contribution in [0.3, 0.4) is 0 Å². The van der Waals surface area contributed by atoms with Crippen LogP contribution in [0, 0.1) is 10.1 Å². The first kappa shape index (κ1) is 46.9. The van der Waals surface area contributed by atoms with E-state index in [0.717, 1.165) is 24.3 Å². The molecule has 2 saturated heterocycles. The van der Waals surface area contributed by atoms with Gasteiger partial charge in [0, 0.05) is 55.5 Å². The lowest BCUT2D eigenvalue weighted by molar-refractivity contribution is -0.385. The van der Waals surface area contributed by atoms with Crippen molar-refractivity contribution in [2.24, 2.45) is 0 Å². The monoisotopic (exact) mass is 882 g/mol. The van der Waals surface area contributed by atoms with E-state index in [1.54, 1.807) is 74.6 Å². The van der Waals surface area contributed by atoms with Crippen molar-refractivity contribution in [1.29, 1.82) is 0 Å². The number of ether oxygens (including phenoxy) is 5. The number of hydrogen-bond acceptors (Lipinski definition) is 14. The maximum Gasteiger partial charge on any atom is 0.285 e. The van der Waals surface area contributed by atoms with Gasteiger partial charge < -0.3 is 48.6 Å². The van der Waals surface area contributed by atoms with Gasteiger partial charge in [-0.3, -0.25) is 24.5 Å². The Hall–Kier alpha value is -5.17. The summed E-state index contributed by atoms with van der Waals surface area (Å²) in [5.74, 6) is 2.47. The van der Waals surface area contributed by atoms with Gasteiger partial charge in [-0.1, -0.05) is 19.9 Å². The molecule has 1 atom stereocenters. The fourth-order valence-corrected chi connectivity index (χ4v) is 10.2. The second-order valence-electron chi connectivity index (χ2n) is 14.0. The van der Waals surface area contributed by atoms with Gasteiger partial charge in [0.1, 0.15) is 24.5 Å². The fraction of sp³-hybridized carbons (Fsp3) is 0.465. The maximum absolute atomic E-state index is 13.8. The predicted molar refractivity (Wildman–Crippen MR) is 234 cm³/mol. The Morgan fingerprint density at radius 3 is 2.07 bits per heavy atom. The molecule has 0 aliphatic carbocycles. The van der Waals surface area contributed by atoms with Gasteiger partial charge >= 0.3 is 0 Å². The van der Waals surface area contributed by atoms with Crippen LogP contribution in [0.2, 0.25) is 0 Å². The van der Waals surface area contributed by atoms with Crippen LogP contribution in [0.4, 0.5) is 5.69 Å². The van der Waals surface area contributed by atoms with E-state index in [1.165, 1.54) is 39.5 Å². The highest BCUT2D eigenvalue weighted by Crippen LogP contribution is 2.38. The zero-order valence-corrected chi connectivity index (χ0v) is 36.8. The maximum atomic E-state index is 13.8. The van der Waals surface area contributed by atoms with Gasteiger partial charge in [0.15, 0.2) is 23.0 Å². The van der Waals surface area contributed by atoms with Crippen LogP contribution in [-0.2, 0) is 18.0 Å². The second-order valence-corrected chi connectivity index (χ2v) is 17.1. The average molecular weight is 883 g/mol. The molecule has 0 radical (unpaired) electrons. The first-order chi connectivity index (χ1) is 29.5. The molecule has 2 aliphatic rings. The number of nitro benzene ring substituents is 1. The van der Waals surface area contributed by atoms with Crippen LogP contribution in [0.5, 0.6) is 28.7 Å². The molecule has 5 rings (SSSR count). The van der Waals surface area contributed by atoms with E-state index < -0.39 is 23.1 Å². The number of carbonyl (C=O) groups excluding carboxylic acids is 3. The Labute approximate surface area is 364 Å². The van der Waals surface area contributed by atoms with E-state index in [1.807, 2.05) is 0 Å². The Morgan fingerprint density at radius 2 is 1.46 bits per heavy atom. The van der Waals surface area contributed by atoms with E-state index in [-0.39, 0.29) is 59.1 Å². The fourth-order valence-electron chi connectivity index (χ4n) is 7.36. The highest BCUT2D eigenvalue weighted by molar-refractivity contribution is 8.17. The minimum absolute atomic E-state index is 0.0213. The van der Waals surface area contributed by atoms with E-state index in [0.29, 0.717) is 72.4 Å². The third-order valence-electron chi connectivity index (χ3n) is 10.4. The Morgan fingerprint density at radius 1 is 0.803 bits per heavy atom. The predicted octanol–water partition coefficient (Wildman–Crippen LogP) is 5.50. The number of rotatable bonds is 20. The summed E-state index contributed by atoms with van der Waals surface area (Å²) >= 11 is 3.56. The molecule has 16 nitrogen and oxygen atoms in total. The topological polar surface area (TPSA) is 191 Å². The van der Waals surface area contributed by atoms with Crippen LogP contribution in [0.25, 0.3) is 6.08 Å². The molecule has 0 bridgehead atoms. The zero-order chi connectivity index (χ0) is 44.1. The minimum atomic E-state index is -0.600. The number of carbonyl (C=O) groups is 3. The summed E-state index contributed by atoms with van der Waals surface area (Å²) in [7, 11) is 4.40. The number of piperazine rings is 1. The van der Waals surface area contributed by atoms with Crippen LogP contribution >= 0.6 is 23.5 Å². The molecule has 2 N–H and O–H groups in total. The summed E-state index contributed by atoms with van der Waals surface area (Å²) in [6.45, 7) is 5.14. The van der Waals surface area contributed by atoms with Gasteiger partial charge in [-0.25, -0.2) is 0 Å². The van der Waals surface area contributed by atoms with Crippen molar-refractivity contribution >= 4 is 53.0 Å². The molecule has 0 saturated carbocycles. The van der Waals surface area contributed by atoms with Gasteiger partial charge in [-0.2, -0.15) is 0 Å². The van der Waals surface area contributed by atoms with Crippen LogP contribution in [-0.4, -0.2) is 137 Å². The quantitative estimate of drug-likeness (QED) is 0.0476. The zero-order valence-electron chi connectivity index (χ0n) is 35.1. The molecule has 3 amide bonds. The van der Waals surface area contributed by atoms with Crippen molar-refractivity contribution in [2.75, 3.05) is 78.8 Å². The number of methoxy groups -OCH3 is 3. The van der Waals surface area contributed by atoms with Crippen molar-refractivity contribution in [3.63, 3.8) is 0 Å². The molecule has 0 unspecified atom stereocenters. The number of amides is 3. The number of hydrogen-bond donors (Lipinski definition) is 2. The molecule has 61 heavy (non-hydrogen) atoms. The standard InChI is InChI=1S/C43H54N4O12S2/c1-6-60-43(61-7-2)33-9-8-14-46(33)42(52)32-23-30(26-48)36(25-34(32)47(53)54)59-20-19-58-35-12-10-28(21-37(35)55-3)11-13-39(50)44-15-17-45(18-16-44)41(51)29-22-31(27-49)40(57-5)38(24-29)56-4/h10-13,21-25,33,43,48-49H,6-9,14-20,26-27H2,1-5H3/b13-11+/t33-/m0/s1. The third-order valence-corrected chi connectivity index (χ3v) is 13.1. The Kier molecular flexibility index (Phi) is 17.4. The summed E-state index contributed by atoms with van der Waals surface area (Å²) < 4.78 is 28.1. The molecule has 2 heterocycles. The third kappa shape index (κ3) is 11.4. The molecule has 18 heteroatoms. The number of benzene rings is 3. The largest absolute Gasteiger partial charge is 0.493 e. The molecule has 330 valence electrons. The lowest BCUT2D eigenvalue weighted by Gasteiger charge is -2.34. The van der Waals surface area contributed by atoms with Crippen molar-refractivity contribution in [2.45, 2.75) is 50.5 Å². The number of aliphatic hydroxyl groups excluding tert-OH is 2. The molecule has 3 aromatic rings. The highest BCUT2D eigenvalue weighted by Gasteiger charge is 2.38. The van der Waals surface area contributed by atoms with Crippen LogP contribution in [0.15, 0.2) is 48.5 Å². The van der Waals surface area contributed by atoms with Crippen molar-refractivity contribution in [3.8, 4) is 28.7 Å². The number of nitrogens with zero attached hydrogens (tertiary/aromatic N) is 4. The van der Waals surface area contributed by atoms with Crippen molar-refractivity contribution < 1.29 is 53.2 Å². The summed E-state index contributed by atoms with van der Waals surface area (Å²) in [6.07, 6.45) is 4.75. The lowest BCUT2D eigenvalue weighted by Crippen LogP contribution is -2.50. The minimum Gasteiger partial charge on any atom is -0.493 e. The lowest BCUT2D eigenvalue weighted by atomic mass is 10.1. The molecule has 2 aliphatic heterocycles. The number of thioether (sulfide) groups is 2. The summed E-state index contributed by atoms with van der Waals surface area (Å²) in [4.78, 5) is 56.9. The summed E-state index contributed by atoms with van der Waals surface area (Å²) in [5.41, 5.74) is 1.24. The summed E-state index contributed by atoms with van der Waals surface area (Å²) in [6, 6.07) is 10.8. The van der Waals surface area contributed by atoms with Gasteiger partial charge in [0.2, 0.25) is 5.91 Å². The van der Waals surface area contributed by atoms with E-state index in [2.05, 4.69) is 13.8 Å². The van der Waals surface area contributed by atoms with Crippen molar-refractivity contribution in [1.82, 2.24) is 14.7 Å². The Balaban J connectivity index is 1.16. The Bertz CT molecular complexity index is 2030. The second kappa shape index (κ2) is 22.6. The van der Waals surface area contributed by atoms with Gasteiger partial charge in [0.05, 0.1) is 56.2 Å². The smallest absolute Gasteiger partial charge is 0.285 e. The summed E-state index contributed by atoms with van der Waals surface area (Å²) in [5, 5.41) is 32.2. The molecule has 2 fully saturated rings. The SMILES string of the molecule is CCSC(SCC)[C@@H]1CCCN1C(=O)c1cc(CO)c(OCCOc2ccc(/C=C/C(=O)N3CCN(C(=O)c4cc(CO)c(OC)c(OC)c4)CC3)cc2OC)cc1[N+](=O)[O-]. The van der Waals surface area contributed by atoms with Crippen LogP contribution < -0.4 is 23.7 Å². The van der Waals surface area contributed by atoms with Gasteiger partial charge in [-0.15, -0.1) is 23.5 Å². The normalized spacial score (nSPS) is 15.3. The van der Waals surface area contributed by atoms with Crippen LogP contribution in [0.1, 0.15) is 64.1 Å². The molecule has 0 spiro atoms. The average Bonchev–Trinajstić information content (AvgIpc) is 3.78.